The van der Waals surface area contributed by atoms with Crippen LogP contribution in [0.1, 0.15) is 0 Å². The van der Waals surface area contributed by atoms with Gasteiger partial charge in [0.25, 0.3) is 0 Å². The zero-order valence-electron chi connectivity index (χ0n) is 8.29. The largest absolute Gasteiger partial charge is 0.384 e. The maximum atomic E-state index is 5.62. The van der Waals surface area contributed by atoms with E-state index in [0.717, 1.165) is 15.8 Å². The Labute approximate surface area is 95.8 Å². The van der Waals surface area contributed by atoms with Gasteiger partial charge < -0.3 is 5.73 Å². The highest BCUT2D eigenvalue weighted by molar-refractivity contribution is 7.17. The van der Waals surface area contributed by atoms with Crippen LogP contribution in [0.15, 0.2) is 36.0 Å². The van der Waals surface area contributed by atoms with Crippen molar-refractivity contribution in [2.75, 3.05) is 5.73 Å². The zero-order valence-corrected chi connectivity index (χ0v) is 9.11. The van der Waals surface area contributed by atoms with E-state index in [-0.39, 0.29) is 0 Å². The summed E-state index contributed by atoms with van der Waals surface area (Å²) in [6.45, 7) is 0. The van der Waals surface area contributed by atoms with E-state index in [1.54, 1.807) is 29.8 Å². The summed E-state index contributed by atoms with van der Waals surface area (Å²) in [4.78, 5) is 12.7. The van der Waals surface area contributed by atoms with Crippen molar-refractivity contribution in [3.63, 3.8) is 0 Å². The van der Waals surface area contributed by atoms with Crippen LogP contribution in [0.3, 0.4) is 0 Å². The minimum atomic E-state index is 0.469. The maximum Gasteiger partial charge on any atom is 0.163 e. The molecule has 0 fully saturated rings. The monoisotopic (exact) mass is 228 g/mol. The van der Waals surface area contributed by atoms with Crippen molar-refractivity contribution >= 4 is 27.4 Å². The molecule has 0 saturated heterocycles. The standard InChI is InChI=1S/C11H8N4S/c12-10-1-3-13-11(15-10)7-5-9-8(14-6-7)2-4-16-9/h1-6H,(H2,12,13,15). The number of fused-ring (bicyclic) bond motifs is 1. The average molecular weight is 228 g/mol. The highest BCUT2D eigenvalue weighted by Crippen LogP contribution is 2.23. The number of thiophene rings is 1. The second kappa shape index (κ2) is 3.53. The van der Waals surface area contributed by atoms with E-state index >= 15 is 0 Å². The van der Waals surface area contributed by atoms with Crippen molar-refractivity contribution < 1.29 is 0 Å². The number of pyridine rings is 1. The van der Waals surface area contributed by atoms with E-state index in [2.05, 4.69) is 15.0 Å². The smallest absolute Gasteiger partial charge is 0.163 e. The van der Waals surface area contributed by atoms with Gasteiger partial charge in [-0.3, -0.25) is 4.98 Å². The quantitative estimate of drug-likeness (QED) is 0.694. The molecule has 2 N–H and O–H groups in total. The molecule has 0 aliphatic heterocycles. The van der Waals surface area contributed by atoms with Crippen LogP contribution in [0, 0.1) is 0 Å². The summed E-state index contributed by atoms with van der Waals surface area (Å²) < 4.78 is 1.13. The van der Waals surface area contributed by atoms with Crippen molar-refractivity contribution in [3.8, 4) is 11.4 Å². The highest BCUT2D eigenvalue weighted by Gasteiger charge is 2.04. The van der Waals surface area contributed by atoms with Crippen LogP contribution in [0.4, 0.5) is 5.82 Å². The Morgan fingerprint density at radius 2 is 2.12 bits per heavy atom. The molecule has 0 amide bonds. The van der Waals surface area contributed by atoms with E-state index < -0.39 is 0 Å². The molecule has 78 valence electrons. The number of aromatic nitrogens is 3. The van der Waals surface area contributed by atoms with Crippen LogP contribution >= 0.6 is 11.3 Å². The minimum Gasteiger partial charge on any atom is -0.384 e. The predicted molar refractivity (Wildman–Crippen MR) is 65.1 cm³/mol. The summed E-state index contributed by atoms with van der Waals surface area (Å²) in [5.41, 5.74) is 7.51. The van der Waals surface area contributed by atoms with Crippen LogP contribution in [-0.2, 0) is 0 Å². The lowest BCUT2D eigenvalue weighted by molar-refractivity contribution is 1.18. The van der Waals surface area contributed by atoms with Gasteiger partial charge in [-0.05, 0) is 23.6 Å². The molecular weight excluding hydrogens is 220 g/mol. The fourth-order valence-electron chi connectivity index (χ4n) is 1.48. The van der Waals surface area contributed by atoms with E-state index in [0.29, 0.717) is 11.6 Å². The number of rotatable bonds is 1. The molecule has 3 aromatic rings. The van der Waals surface area contributed by atoms with Crippen molar-refractivity contribution in [1.82, 2.24) is 15.0 Å². The van der Waals surface area contributed by atoms with Gasteiger partial charge in [-0.25, -0.2) is 9.97 Å². The fourth-order valence-corrected chi connectivity index (χ4v) is 2.26. The molecule has 4 nitrogen and oxygen atoms in total. The molecular formula is C11H8N4S. The topological polar surface area (TPSA) is 64.7 Å². The molecule has 0 bridgehead atoms. The first-order valence-corrected chi connectivity index (χ1v) is 5.63. The molecule has 0 radical (unpaired) electrons. The second-order valence-corrected chi connectivity index (χ2v) is 4.28. The van der Waals surface area contributed by atoms with Gasteiger partial charge in [-0.15, -0.1) is 11.3 Å². The predicted octanol–water partition coefficient (Wildman–Crippen LogP) is 2.34. The molecule has 3 heterocycles. The fraction of sp³-hybridized carbons (Fsp3) is 0. The zero-order chi connectivity index (χ0) is 11.0. The Balaban J connectivity index is 2.18. The van der Waals surface area contributed by atoms with E-state index in [4.69, 9.17) is 5.73 Å². The molecule has 0 aliphatic carbocycles. The lowest BCUT2D eigenvalue weighted by Gasteiger charge is -2.00. The third-order valence-electron chi connectivity index (χ3n) is 2.24. The van der Waals surface area contributed by atoms with Crippen LogP contribution < -0.4 is 5.73 Å². The average Bonchev–Trinajstić information content (AvgIpc) is 2.75. The third-order valence-corrected chi connectivity index (χ3v) is 3.09. The number of nitrogen functional groups attached to an aromatic ring is 1. The second-order valence-electron chi connectivity index (χ2n) is 3.33. The van der Waals surface area contributed by atoms with Gasteiger partial charge >= 0.3 is 0 Å². The third kappa shape index (κ3) is 1.51. The van der Waals surface area contributed by atoms with Crippen molar-refractivity contribution in [2.45, 2.75) is 0 Å². The first kappa shape index (κ1) is 9.23. The van der Waals surface area contributed by atoms with Gasteiger partial charge in [0.2, 0.25) is 0 Å². The number of nitrogens with two attached hydrogens (primary N) is 1. The highest BCUT2D eigenvalue weighted by atomic mass is 32.1. The molecule has 0 saturated carbocycles. The number of nitrogens with zero attached hydrogens (tertiary/aromatic N) is 3. The Kier molecular flexibility index (Phi) is 2.04. The number of anilines is 1. The normalized spacial score (nSPS) is 10.8. The molecule has 16 heavy (non-hydrogen) atoms. The molecule has 0 unspecified atom stereocenters. The van der Waals surface area contributed by atoms with Gasteiger partial charge in [0.15, 0.2) is 5.82 Å². The summed E-state index contributed by atoms with van der Waals surface area (Å²) in [6.07, 6.45) is 3.42. The van der Waals surface area contributed by atoms with Crippen molar-refractivity contribution in [2.24, 2.45) is 0 Å². The molecule has 3 rings (SSSR count). The van der Waals surface area contributed by atoms with Gasteiger partial charge in [0, 0.05) is 18.0 Å². The summed E-state index contributed by atoms with van der Waals surface area (Å²) in [5, 5.41) is 2.02. The SMILES string of the molecule is Nc1ccnc(-c2cnc3ccsc3c2)n1. The van der Waals surface area contributed by atoms with E-state index in [1.165, 1.54) is 0 Å². The van der Waals surface area contributed by atoms with Crippen molar-refractivity contribution in [1.29, 1.82) is 0 Å². The summed E-state index contributed by atoms with van der Waals surface area (Å²) >= 11 is 1.65. The Hall–Kier alpha value is -2.01. The number of hydrogen-bond donors (Lipinski definition) is 1. The van der Waals surface area contributed by atoms with Crippen molar-refractivity contribution in [3.05, 3.63) is 36.0 Å². The summed E-state index contributed by atoms with van der Waals surface area (Å²) in [7, 11) is 0. The summed E-state index contributed by atoms with van der Waals surface area (Å²) in [6, 6.07) is 5.69. The van der Waals surface area contributed by atoms with Gasteiger partial charge in [0.1, 0.15) is 5.82 Å². The molecule has 5 heteroatoms. The van der Waals surface area contributed by atoms with Crippen LogP contribution in [0.25, 0.3) is 21.6 Å². The minimum absolute atomic E-state index is 0.469. The molecule has 0 spiro atoms. The van der Waals surface area contributed by atoms with E-state index in [1.807, 2.05) is 17.5 Å². The maximum absolute atomic E-state index is 5.62. The molecule has 3 aromatic heterocycles. The lowest BCUT2D eigenvalue weighted by atomic mass is 10.2. The first-order valence-electron chi connectivity index (χ1n) is 4.75. The lowest BCUT2D eigenvalue weighted by Crippen LogP contribution is -1.94. The van der Waals surface area contributed by atoms with Crippen LogP contribution in [-0.4, -0.2) is 15.0 Å². The van der Waals surface area contributed by atoms with Crippen LogP contribution in [0.5, 0.6) is 0 Å². The first-order chi connectivity index (χ1) is 7.83. The Morgan fingerprint density at radius 3 is 3.00 bits per heavy atom. The van der Waals surface area contributed by atoms with Gasteiger partial charge in [-0.1, -0.05) is 0 Å². The number of hydrogen-bond acceptors (Lipinski definition) is 5. The Morgan fingerprint density at radius 1 is 1.19 bits per heavy atom. The van der Waals surface area contributed by atoms with Gasteiger partial charge in [0.05, 0.1) is 10.2 Å². The molecule has 0 aliphatic rings. The molecule has 0 atom stereocenters. The van der Waals surface area contributed by atoms with Crippen LogP contribution in [0.2, 0.25) is 0 Å². The van der Waals surface area contributed by atoms with E-state index in [9.17, 15) is 0 Å². The Bertz CT molecular complexity index is 647. The van der Waals surface area contributed by atoms with Gasteiger partial charge in [-0.2, -0.15) is 0 Å². The molecule has 0 aromatic carbocycles. The summed E-state index contributed by atoms with van der Waals surface area (Å²) in [5.74, 6) is 1.08.